The molecule has 125 heavy (non-hydrogen) atoms. The maximum Gasteiger partial charge on any atom is 2.00 e. The van der Waals surface area contributed by atoms with E-state index in [4.69, 9.17) is 18.9 Å². The monoisotopic (exact) mass is 1810 g/mol. The van der Waals surface area contributed by atoms with Crippen molar-refractivity contribution in [3.63, 3.8) is 0 Å². The zero-order valence-corrected chi connectivity index (χ0v) is 84.7. The van der Waals surface area contributed by atoms with E-state index in [0.29, 0.717) is 12.8 Å². The van der Waals surface area contributed by atoms with Gasteiger partial charge in [-0.05, 0) is 99.9 Å². The van der Waals surface area contributed by atoms with Crippen LogP contribution in [0.1, 0.15) is 583 Å². The Morgan fingerprint density at radius 3 is 0.504 bits per heavy atom. The van der Waals surface area contributed by atoms with Crippen molar-refractivity contribution < 1.29 is 64.1 Å². The van der Waals surface area contributed by atoms with Crippen molar-refractivity contribution in [2.24, 2.45) is 0 Å². The molecule has 2 rings (SSSR count). The molecule has 0 atom stereocenters. The van der Waals surface area contributed by atoms with Crippen LogP contribution >= 0.6 is 0 Å². The van der Waals surface area contributed by atoms with Crippen molar-refractivity contribution in [3.05, 3.63) is 108 Å². The number of ether oxygens (including phenoxy) is 4. The maximum absolute atomic E-state index is 13.0. The Labute approximate surface area is 798 Å². The van der Waals surface area contributed by atoms with Gasteiger partial charge in [-0.3, -0.25) is 0 Å². The summed E-state index contributed by atoms with van der Waals surface area (Å²) in [6.45, 7) is 9.10. The van der Waals surface area contributed by atoms with E-state index in [-0.39, 0.29) is 48.9 Å². The Bertz CT molecular complexity index is 2950. The number of carbonyl (C=O) groups excluding carboxylic acids is 4. The summed E-state index contributed by atoms with van der Waals surface area (Å²) in [5.74, 6) is -4.03. The number of hydrogen-bond donors (Lipinski definition) is 0. The van der Waals surface area contributed by atoms with Crippen molar-refractivity contribution in [1.82, 2.24) is 0 Å². The molecule has 0 heterocycles. The van der Waals surface area contributed by atoms with Crippen LogP contribution in [-0.4, -0.2) is 87.6 Å². The second-order valence-electron chi connectivity index (χ2n) is 36.0. The SMILES string of the molecule is CCCCCCCCCCCCCCCCCCCCC/C=C/OC(=O)c1cccc(S(=O)(=O)[O-])c1C(=O)O/C=C/CCCCCCCCCCCCCCCCCCCCC.CCCCCCCCCCCCCCCCCCCCC/C=C/OC(=O)c1cccc(S(=O)(=O)[O-])c1C(=O)O/C=C/CCCCCCCCCCCCCCCCCCCCC.[Ca+2]. The van der Waals surface area contributed by atoms with Gasteiger partial charge in [0.2, 0.25) is 0 Å². The molecule has 0 N–H and O–H groups in total. The van der Waals surface area contributed by atoms with Gasteiger partial charge in [-0.15, -0.1) is 0 Å². The second kappa shape index (κ2) is 92.2. The van der Waals surface area contributed by atoms with Gasteiger partial charge < -0.3 is 28.1 Å². The summed E-state index contributed by atoms with van der Waals surface area (Å²) in [5, 5.41) is 0. The van der Waals surface area contributed by atoms with E-state index in [2.05, 4.69) is 27.7 Å². The first kappa shape index (κ1) is 121. The average molecular weight is 1810 g/mol. The molecule has 0 fully saturated rings. The minimum Gasteiger partial charge on any atom is -0.744 e. The van der Waals surface area contributed by atoms with E-state index in [0.717, 1.165) is 76.3 Å². The Hall–Kier alpha value is -3.64. The fraction of sp³-hybridized carbons (Fsp3) is 0.778. The summed E-state index contributed by atoms with van der Waals surface area (Å²) in [4.78, 5) is 50.3. The van der Waals surface area contributed by atoms with Crippen molar-refractivity contribution in [3.8, 4) is 0 Å². The second-order valence-corrected chi connectivity index (χ2v) is 38.7. The number of rotatable bonds is 90. The van der Waals surface area contributed by atoms with Crippen LogP contribution in [0.5, 0.6) is 0 Å². The molecule has 2 aromatic carbocycles. The first-order valence-corrected chi connectivity index (χ1v) is 55.1. The zero-order chi connectivity index (χ0) is 90.1. The molecular weight excluding hydrogens is 1630 g/mol. The topological polar surface area (TPSA) is 220 Å². The van der Waals surface area contributed by atoms with Gasteiger partial charge >= 0.3 is 61.6 Å². The van der Waals surface area contributed by atoms with Gasteiger partial charge in [0.05, 0.1) is 57.1 Å². The molecule has 0 aliphatic heterocycles. The number of esters is 4. The van der Waals surface area contributed by atoms with E-state index >= 15 is 0 Å². The molecule has 0 aromatic heterocycles. The molecule has 17 heteroatoms. The van der Waals surface area contributed by atoms with Gasteiger partial charge in [0, 0.05) is 0 Å². The number of unbranched alkanes of at least 4 members (excludes halogenated alkanes) is 76. The van der Waals surface area contributed by atoms with Crippen LogP contribution in [0, 0.1) is 0 Å². The first-order valence-electron chi connectivity index (χ1n) is 52.3. The molecule has 0 saturated carbocycles. The Balaban J connectivity index is 0.00000244. The van der Waals surface area contributed by atoms with Gasteiger partial charge in [0.15, 0.2) is 0 Å². The Morgan fingerprint density at radius 1 is 0.224 bits per heavy atom. The minimum atomic E-state index is -5.06. The predicted molar refractivity (Wildman–Crippen MR) is 525 cm³/mol. The fourth-order valence-corrected chi connectivity index (χ4v) is 17.9. The van der Waals surface area contributed by atoms with Gasteiger partial charge in [-0.2, -0.15) is 0 Å². The number of hydrogen-bond acceptors (Lipinski definition) is 14. The molecule has 716 valence electrons. The van der Waals surface area contributed by atoms with Crippen LogP contribution in [0.15, 0.2) is 95.5 Å². The van der Waals surface area contributed by atoms with Gasteiger partial charge in [-0.1, -0.05) is 502 Å². The van der Waals surface area contributed by atoms with Crippen molar-refractivity contribution in [2.75, 3.05) is 0 Å². The molecule has 0 spiro atoms. The third kappa shape index (κ3) is 76.6. The van der Waals surface area contributed by atoms with E-state index < -0.39 is 65.0 Å². The number of carbonyl (C=O) groups is 4. The third-order valence-electron chi connectivity index (χ3n) is 24.4. The van der Waals surface area contributed by atoms with Gasteiger partial charge in [0.1, 0.15) is 20.2 Å². The van der Waals surface area contributed by atoms with Crippen LogP contribution in [0.4, 0.5) is 0 Å². The van der Waals surface area contributed by atoms with E-state index in [1.165, 1.54) is 486 Å². The Morgan fingerprint density at radius 2 is 0.360 bits per heavy atom. The van der Waals surface area contributed by atoms with E-state index in [1.54, 1.807) is 24.3 Å². The summed E-state index contributed by atoms with van der Waals surface area (Å²) in [7, 11) is -10.1. The van der Waals surface area contributed by atoms with Crippen molar-refractivity contribution in [1.29, 1.82) is 0 Å². The van der Waals surface area contributed by atoms with Gasteiger partial charge in [0.25, 0.3) is 0 Å². The maximum atomic E-state index is 13.0. The van der Waals surface area contributed by atoms with Crippen LogP contribution in [0.2, 0.25) is 0 Å². The largest absolute Gasteiger partial charge is 2.00 e. The minimum absolute atomic E-state index is 0. The number of allylic oxidation sites excluding steroid dienone is 4. The number of benzene rings is 2. The molecule has 0 bridgehead atoms. The predicted octanol–water partition coefficient (Wildman–Crippen LogP) is 34.8. The van der Waals surface area contributed by atoms with E-state index in [9.17, 15) is 45.1 Å². The summed E-state index contributed by atoms with van der Waals surface area (Å²) in [6.07, 6.45) is 115. The molecule has 2 aromatic rings. The Kier molecular flexibility index (Phi) is 89.5. The fourth-order valence-electron chi connectivity index (χ4n) is 16.6. The first-order chi connectivity index (χ1) is 60.6. The molecular formula is C108H186CaO14S2. The van der Waals surface area contributed by atoms with Crippen LogP contribution in [0.3, 0.4) is 0 Å². The van der Waals surface area contributed by atoms with Crippen molar-refractivity contribution in [2.45, 2.75) is 551 Å². The van der Waals surface area contributed by atoms with Crippen LogP contribution in [-0.2, 0) is 39.2 Å². The summed E-state index contributed by atoms with van der Waals surface area (Å²) in [5.41, 5.74) is -1.86. The summed E-state index contributed by atoms with van der Waals surface area (Å²) < 4.78 is 93.0. The molecule has 0 amide bonds. The smallest absolute Gasteiger partial charge is 0.744 e. The zero-order valence-electron chi connectivity index (χ0n) is 80.9. The molecule has 14 nitrogen and oxygen atoms in total. The standard InChI is InChI=1S/2C54H94O7S.Ca/c2*1-3-5-7-9-11-13-15-17-19-21-23-25-27-29-31-33-35-37-39-41-43-48-60-53(55)50-46-45-47-51(62(57,58)59)52(50)54(56)61-49-44-42-40-38-36-34-32-30-28-26-24-22-20-18-16-14-12-10-8-6-4-2;/h2*43-49H,3-42H2,1-2H3,(H,57,58,59);/q;;+2/p-2/b2*48-43+,49-44+;. The van der Waals surface area contributed by atoms with Crippen LogP contribution < -0.4 is 0 Å². The summed E-state index contributed by atoms with van der Waals surface area (Å²) >= 11 is 0. The molecule has 0 aliphatic rings. The van der Waals surface area contributed by atoms with Gasteiger partial charge in [-0.25, -0.2) is 36.0 Å². The third-order valence-corrected chi connectivity index (χ3v) is 26.2. The molecule has 0 unspecified atom stereocenters. The quantitative estimate of drug-likeness (QED) is 0.0150. The summed E-state index contributed by atoms with van der Waals surface area (Å²) in [6, 6.07) is 7.04. The van der Waals surface area contributed by atoms with Crippen LogP contribution in [0.25, 0.3) is 0 Å². The average Bonchev–Trinajstić information content (AvgIpc) is 0.795. The molecule has 0 saturated heterocycles. The van der Waals surface area contributed by atoms with E-state index in [1.807, 2.05) is 0 Å². The molecule has 0 radical (unpaired) electrons. The molecule has 0 aliphatic carbocycles. The normalized spacial score (nSPS) is 11.8. The van der Waals surface area contributed by atoms with Crippen molar-refractivity contribution >= 4 is 81.9 Å².